The zero-order valence-electron chi connectivity index (χ0n) is 10.9. The summed E-state index contributed by atoms with van der Waals surface area (Å²) in [5.74, 6) is 0. The van der Waals surface area contributed by atoms with Crippen molar-refractivity contribution in [3.8, 4) is 0 Å². The summed E-state index contributed by atoms with van der Waals surface area (Å²) in [5.41, 5.74) is 1.23. The Bertz CT molecular complexity index is 514. The topological polar surface area (TPSA) is 24.9 Å². The van der Waals surface area contributed by atoms with E-state index in [1.54, 1.807) is 11.8 Å². The Labute approximate surface area is 127 Å². The van der Waals surface area contributed by atoms with E-state index < -0.39 is 0 Å². The van der Waals surface area contributed by atoms with Crippen LogP contribution in [0.15, 0.2) is 57.0 Å². The molecule has 0 aliphatic carbocycles. The third-order valence-corrected chi connectivity index (χ3v) is 4.01. The monoisotopic (exact) mass is 336 g/mol. The van der Waals surface area contributed by atoms with E-state index in [4.69, 9.17) is 0 Å². The zero-order chi connectivity index (χ0) is 13.5. The lowest BCUT2D eigenvalue weighted by molar-refractivity contribution is 0.673. The first kappa shape index (κ1) is 14.6. The van der Waals surface area contributed by atoms with Crippen molar-refractivity contribution in [3.63, 3.8) is 0 Å². The van der Waals surface area contributed by atoms with Crippen LogP contribution in [0.25, 0.3) is 0 Å². The SMILES string of the molecule is CCCNCc1ccc(Sc2cccc(Br)c2)nc1. The molecule has 4 heteroatoms. The fourth-order valence-corrected chi connectivity index (χ4v) is 3.00. The van der Waals surface area contributed by atoms with Crippen molar-refractivity contribution in [1.29, 1.82) is 0 Å². The first-order valence-electron chi connectivity index (χ1n) is 6.37. The summed E-state index contributed by atoms with van der Waals surface area (Å²) >= 11 is 5.16. The third-order valence-electron chi connectivity index (χ3n) is 2.57. The van der Waals surface area contributed by atoms with E-state index in [0.717, 1.165) is 29.0 Å². The van der Waals surface area contributed by atoms with Crippen LogP contribution in [0.4, 0.5) is 0 Å². The van der Waals surface area contributed by atoms with Crippen LogP contribution in [-0.2, 0) is 6.54 Å². The highest BCUT2D eigenvalue weighted by atomic mass is 79.9. The number of halogens is 1. The summed E-state index contributed by atoms with van der Waals surface area (Å²) in [6.07, 6.45) is 3.10. The average molecular weight is 337 g/mol. The second-order valence-electron chi connectivity index (χ2n) is 4.24. The fraction of sp³-hybridized carbons (Fsp3) is 0.267. The lowest BCUT2D eigenvalue weighted by Gasteiger charge is -2.05. The number of pyridine rings is 1. The van der Waals surface area contributed by atoms with E-state index in [1.165, 1.54) is 10.5 Å². The quantitative estimate of drug-likeness (QED) is 0.786. The molecule has 1 heterocycles. The molecule has 0 spiro atoms. The van der Waals surface area contributed by atoms with Gasteiger partial charge in [0.15, 0.2) is 0 Å². The number of nitrogens with zero attached hydrogens (tertiary/aromatic N) is 1. The van der Waals surface area contributed by atoms with Crippen molar-refractivity contribution in [2.45, 2.75) is 29.8 Å². The Kier molecular flexibility index (Phi) is 5.89. The molecule has 0 saturated carbocycles. The lowest BCUT2D eigenvalue weighted by Crippen LogP contribution is -2.13. The maximum absolute atomic E-state index is 4.49. The van der Waals surface area contributed by atoms with E-state index in [2.05, 4.69) is 57.4 Å². The summed E-state index contributed by atoms with van der Waals surface area (Å²) in [7, 11) is 0. The molecule has 0 radical (unpaired) electrons. The van der Waals surface area contributed by atoms with Gasteiger partial charge in [-0.25, -0.2) is 4.98 Å². The molecule has 100 valence electrons. The number of nitrogens with one attached hydrogen (secondary N) is 1. The van der Waals surface area contributed by atoms with Gasteiger partial charge < -0.3 is 5.32 Å². The van der Waals surface area contributed by atoms with Gasteiger partial charge >= 0.3 is 0 Å². The van der Waals surface area contributed by atoms with Gasteiger partial charge in [-0.15, -0.1) is 0 Å². The van der Waals surface area contributed by atoms with Gasteiger partial charge in [0.2, 0.25) is 0 Å². The Balaban J connectivity index is 1.95. The van der Waals surface area contributed by atoms with Crippen molar-refractivity contribution in [3.05, 3.63) is 52.6 Å². The molecule has 1 aromatic heterocycles. The zero-order valence-corrected chi connectivity index (χ0v) is 13.3. The van der Waals surface area contributed by atoms with E-state index >= 15 is 0 Å². The van der Waals surface area contributed by atoms with Gasteiger partial charge in [-0.2, -0.15) is 0 Å². The molecule has 0 amide bonds. The fourth-order valence-electron chi connectivity index (χ4n) is 1.64. The van der Waals surface area contributed by atoms with E-state index in [9.17, 15) is 0 Å². The maximum atomic E-state index is 4.49. The predicted molar refractivity (Wildman–Crippen MR) is 84.5 cm³/mol. The van der Waals surface area contributed by atoms with Crippen molar-refractivity contribution in [2.24, 2.45) is 0 Å². The van der Waals surface area contributed by atoms with Crippen LogP contribution in [0.2, 0.25) is 0 Å². The van der Waals surface area contributed by atoms with Crippen molar-refractivity contribution in [2.75, 3.05) is 6.54 Å². The molecule has 0 unspecified atom stereocenters. The second-order valence-corrected chi connectivity index (χ2v) is 6.25. The predicted octanol–water partition coefficient (Wildman–Crippen LogP) is 4.49. The summed E-state index contributed by atoms with van der Waals surface area (Å²) in [6.45, 7) is 4.11. The van der Waals surface area contributed by atoms with Gasteiger partial charge in [-0.1, -0.05) is 46.7 Å². The van der Waals surface area contributed by atoms with Crippen LogP contribution >= 0.6 is 27.7 Å². The van der Waals surface area contributed by atoms with Crippen LogP contribution in [0.1, 0.15) is 18.9 Å². The van der Waals surface area contributed by atoms with Gasteiger partial charge in [0.25, 0.3) is 0 Å². The highest BCUT2D eigenvalue weighted by Gasteiger charge is 2.00. The molecule has 0 fully saturated rings. The molecule has 1 aromatic carbocycles. The van der Waals surface area contributed by atoms with E-state index in [-0.39, 0.29) is 0 Å². The molecular formula is C15H17BrN2S. The van der Waals surface area contributed by atoms with Gasteiger partial charge in [-0.05, 0) is 42.8 Å². The van der Waals surface area contributed by atoms with Crippen LogP contribution < -0.4 is 5.32 Å². The summed E-state index contributed by atoms with van der Waals surface area (Å²) in [5, 5.41) is 4.40. The molecule has 0 atom stereocenters. The van der Waals surface area contributed by atoms with Crippen LogP contribution in [0.5, 0.6) is 0 Å². The number of rotatable bonds is 6. The van der Waals surface area contributed by atoms with Gasteiger partial charge in [-0.3, -0.25) is 0 Å². The summed E-state index contributed by atoms with van der Waals surface area (Å²) in [6, 6.07) is 12.5. The highest BCUT2D eigenvalue weighted by Crippen LogP contribution is 2.27. The molecule has 19 heavy (non-hydrogen) atoms. The largest absolute Gasteiger partial charge is 0.313 e. The number of benzene rings is 1. The molecule has 0 saturated heterocycles. The normalized spacial score (nSPS) is 10.6. The number of hydrogen-bond acceptors (Lipinski definition) is 3. The standard InChI is InChI=1S/C15H17BrN2S/c1-2-8-17-10-12-6-7-15(18-11-12)19-14-5-3-4-13(16)9-14/h3-7,9,11,17H,2,8,10H2,1H3. The Morgan fingerprint density at radius 1 is 1.26 bits per heavy atom. The highest BCUT2D eigenvalue weighted by molar-refractivity contribution is 9.10. The molecular weight excluding hydrogens is 320 g/mol. The van der Waals surface area contributed by atoms with Crippen molar-refractivity contribution in [1.82, 2.24) is 10.3 Å². The second kappa shape index (κ2) is 7.68. The molecule has 0 aliphatic heterocycles. The van der Waals surface area contributed by atoms with Crippen LogP contribution in [-0.4, -0.2) is 11.5 Å². The van der Waals surface area contributed by atoms with Crippen molar-refractivity contribution >= 4 is 27.7 Å². The first-order valence-corrected chi connectivity index (χ1v) is 7.98. The minimum Gasteiger partial charge on any atom is -0.313 e. The van der Waals surface area contributed by atoms with Crippen molar-refractivity contribution < 1.29 is 0 Å². The lowest BCUT2D eigenvalue weighted by atomic mass is 10.3. The number of aromatic nitrogens is 1. The summed E-state index contributed by atoms with van der Waals surface area (Å²) in [4.78, 5) is 5.68. The Hall–Kier alpha value is -0.840. The molecule has 2 aromatic rings. The van der Waals surface area contributed by atoms with E-state index in [1.807, 2.05) is 18.3 Å². The average Bonchev–Trinajstić information content (AvgIpc) is 2.41. The first-order chi connectivity index (χ1) is 9.28. The minimum atomic E-state index is 0.892. The van der Waals surface area contributed by atoms with E-state index in [0.29, 0.717) is 0 Å². The van der Waals surface area contributed by atoms with Gasteiger partial charge in [0.05, 0.1) is 0 Å². The molecule has 0 aliphatic rings. The Morgan fingerprint density at radius 2 is 2.16 bits per heavy atom. The molecule has 2 nitrogen and oxygen atoms in total. The third kappa shape index (κ3) is 4.97. The molecule has 1 N–H and O–H groups in total. The summed E-state index contributed by atoms with van der Waals surface area (Å²) < 4.78 is 1.10. The smallest absolute Gasteiger partial charge is 0.101 e. The molecule has 0 bridgehead atoms. The minimum absolute atomic E-state index is 0.892. The van der Waals surface area contributed by atoms with Gasteiger partial charge in [0.1, 0.15) is 5.03 Å². The Morgan fingerprint density at radius 3 is 2.84 bits per heavy atom. The maximum Gasteiger partial charge on any atom is 0.101 e. The van der Waals surface area contributed by atoms with Crippen LogP contribution in [0.3, 0.4) is 0 Å². The van der Waals surface area contributed by atoms with Gasteiger partial charge in [0, 0.05) is 22.1 Å². The number of hydrogen-bond donors (Lipinski definition) is 1. The molecule has 2 rings (SSSR count). The van der Waals surface area contributed by atoms with Crippen LogP contribution in [0, 0.1) is 0 Å².